The highest BCUT2D eigenvalue weighted by Gasteiger charge is 2.10. The molecular weight excluding hydrogens is 344 g/mol. The van der Waals surface area contributed by atoms with Gasteiger partial charge in [0.2, 0.25) is 0 Å². The molecule has 3 aromatic rings. The van der Waals surface area contributed by atoms with Gasteiger partial charge in [-0.05, 0) is 98.5 Å². The summed E-state index contributed by atoms with van der Waals surface area (Å²) in [6.07, 6.45) is 4.23. The second kappa shape index (κ2) is 6.06. The average Bonchev–Trinajstić information content (AvgIpc) is 3.33. The van der Waals surface area contributed by atoms with Crippen LogP contribution in [0.15, 0.2) is 36.4 Å². The molecule has 0 atom stereocenters. The number of aromatic amines is 2. The first-order valence-electron chi connectivity index (χ1n) is 9.51. The fraction of sp³-hybridized carbons (Fsp3) is 0.167. The van der Waals surface area contributed by atoms with E-state index in [4.69, 9.17) is 9.97 Å². The zero-order valence-corrected chi connectivity index (χ0v) is 16.5. The Morgan fingerprint density at radius 3 is 1.68 bits per heavy atom. The summed E-state index contributed by atoms with van der Waals surface area (Å²) in [6.45, 7) is 8.44. The van der Waals surface area contributed by atoms with E-state index in [1.54, 1.807) is 0 Å². The van der Waals surface area contributed by atoms with Crippen LogP contribution in [-0.4, -0.2) is 19.9 Å². The molecule has 0 aliphatic carbocycles. The SMILES string of the molecule is CC1=Cc2cc3cc(C)c(cc4[nH]c(cc5nc(cc1n2)C=C5C)cc4C)[nH]3. The van der Waals surface area contributed by atoms with Gasteiger partial charge in [-0.1, -0.05) is 0 Å². The molecule has 4 heteroatoms. The highest BCUT2D eigenvalue weighted by Crippen LogP contribution is 2.26. The second-order valence-electron chi connectivity index (χ2n) is 7.72. The minimum atomic E-state index is 0.941. The van der Waals surface area contributed by atoms with E-state index in [2.05, 4.69) is 86.2 Å². The van der Waals surface area contributed by atoms with E-state index >= 15 is 0 Å². The molecule has 0 fully saturated rings. The number of hydrogen-bond acceptors (Lipinski definition) is 2. The summed E-state index contributed by atoms with van der Waals surface area (Å²) in [6, 6.07) is 12.8. The molecule has 0 aromatic carbocycles. The molecule has 0 saturated heterocycles. The smallest absolute Gasteiger partial charge is 0.0688 e. The van der Waals surface area contributed by atoms with Gasteiger partial charge in [-0.25, -0.2) is 9.97 Å². The van der Waals surface area contributed by atoms with Crippen LogP contribution in [0, 0.1) is 13.8 Å². The van der Waals surface area contributed by atoms with Gasteiger partial charge in [0, 0.05) is 22.1 Å². The molecule has 2 aliphatic heterocycles. The Morgan fingerprint density at radius 1 is 0.571 bits per heavy atom. The topological polar surface area (TPSA) is 57.4 Å². The number of nitrogens with zero attached hydrogens (tertiary/aromatic N) is 2. The molecule has 138 valence electrons. The molecule has 0 unspecified atom stereocenters. The largest absolute Gasteiger partial charge is 0.355 e. The van der Waals surface area contributed by atoms with Crippen LogP contribution in [0.5, 0.6) is 0 Å². The Hall–Kier alpha value is -3.40. The standard InChI is InChI=1S/C24H22N4/c1-13-5-17-9-18-6-15(3)23(26-18)12-24-16(4)8-20(28-24)11-22-14(2)7-19(27-22)10-21(13)25-17/h5-12,26,28H,1-4H3. The quantitative estimate of drug-likeness (QED) is 0.508. The van der Waals surface area contributed by atoms with Crippen molar-refractivity contribution in [3.05, 3.63) is 70.3 Å². The summed E-state index contributed by atoms with van der Waals surface area (Å²) in [5.74, 6) is 0. The van der Waals surface area contributed by atoms with Crippen LogP contribution in [0.3, 0.4) is 0 Å². The van der Waals surface area contributed by atoms with E-state index in [0.717, 1.165) is 56.0 Å². The number of allylic oxidation sites excluding steroid dienone is 2. The van der Waals surface area contributed by atoms with Crippen LogP contribution in [0.2, 0.25) is 0 Å². The van der Waals surface area contributed by atoms with Crippen molar-refractivity contribution < 1.29 is 0 Å². The molecule has 3 aromatic heterocycles. The number of aromatic nitrogens is 4. The van der Waals surface area contributed by atoms with Gasteiger partial charge >= 0.3 is 0 Å². The Bertz CT molecular complexity index is 1350. The van der Waals surface area contributed by atoms with Crippen molar-refractivity contribution in [2.75, 3.05) is 0 Å². The van der Waals surface area contributed by atoms with Crippen molar-refractivity contribution in [3.8, 4) is 0 Å². The minimum absolute atomic E-state index is 0.941. The van der Waals surface area contributed by atoms with Gasteiger partial charge in [0.05, 0.1) is 22.8 Å². The van der Waals surface area contributed by atoms with E-state index in [-0.39, 0.29) is 0 Å². The third kappa shape index (κ3) is 2.87. The van der Waals surface area contributed by atoms with Crippen LogP contribution < -0.4 is 0 Å². The zero-order chi connectivity index (χ0) is 19.4. The van der Waals surface area contributed by atoms with Crippen LogP contribution >= 0.6 is 0 Å². The Balaban J connectivity index is 1.91. The first-order chi connectivity index (χ1) is 13.4. The average molecular weight is 366 g/mol. The van der Waals surface area contributed by atoms with Gasteiger partial charge < -0.3 is 9.97 Å². The predicted molar refractivity (Wildman–Crippen MR) is 118 cm³/mol. The van der Waals surface area contributed by atoms with E-state index in [1.807, 2.05) is 0 Å². The van der Waals surface area contributed by atoms with E-state index in [1.165, 1.54) is 11.1 Å². The fourth-order valence-electron chi connectivity index (χ4n) is 3.80. The molecule has 5 rings (SSSR count). The number of nitrogens with one attached hydrogen (secondary N) is 2. The van der Waals surface area contributed by atoms with Crippen molar-refractivity contribution in [3.63, 3.8) is 0 Å². The second-order valence-corrected chi connectivity index (χ2v) is 7.72. The van der Waals surface area contributed by atoms with E-state index < -0.39 is 0 Å². The minimum Gasteiger partial charge on any atom is -0.355 e. The highest BCUT2D eigenvalue weighted by atomic mass is 14.8. The first-order valence-corrected chi connectivity index (χ1v) is 9.51. The summed E-state index contributed by atoms with van der Waals surface area (Å²) < 4.78 is 0. The highest BCUT2D eigenvalue weighted by molar-refractivity contribution is 5.86. The molecule has 0 radical (unpaired) electrons. The van der Waals surface area contributed by atoms with Crippen molar-refractivity contribution >= 4 is 45.4 Å². The van der Waals surface area contributed by atoms with E-state index in [9.17, 15) is 0 Å². The summed E-state index contributed by atoms with van der Waals surface area (Å²) in [7, 11) is 0. The number of fused-ring (bicyclic) bond motifs is 8. The van der Waals surface area contributed by atoms with Crippen LogP contribution in [-0.2, 0) is 0 Å². The Labute approximate surface area is 163 Å². The number of hydrogen-bond donors (Lipinski definition) is 2. The molecule has 2 aliphatic rings. The Morgan fingerprint density at radius 2 is 1.07 bits per heavy atom. The van der Waals surface area contributed by atoms with Crippen LogP contribution in [0.25, 0.3) is 45.4 Å². The lowest BCUT2D eigenvalue weighted by Crippen LogP contribution is -1.80. The normalized spacial score (nSPS) is 13.4. The summed E-state index contributed by atoms with van der Waals surface area (Å²) in [4.78, 5) is 16.6. The summed E-state index contributed by atoms with van der Waals surface area (Å²) in [5, 5.41) is 0. The lowest BCUT2D eigenvalue weighted by Gasteiger charge is -1.90. The molecule has 0 spiro atoms. The van der Waals surface area contributed by atoms with Gasteiger partial charge in [0.15, 0.2) is 0 Å². The van der Waals surface area contributed by atoms with Crippen molar-refractivity contribution in [2.24, 2.45) is 0 Å². The molecule has 4 nitrogen and oxygen atoms in total. The summed E-state index contributed by atoms with van der Waals surface area (Å²) >= 11 is 0. The first kappa shape index (κ1) is 16.8. The maximum absolute atomic E-state index is 4.81. The molecule has 0 saturated carbocycles. The molecule has 0 amide bonds. The van der Waals surface area contributed by atoms with Crippen LogP contribution in [0.1, 0.15) is 47.8 Å². The van der Waals surface area contributed by atoms with Gasteiger partial charge in [-0.2, -0.15) is 0 Å². The van der Waals surface area contributed by atoms with Crippen molar-refractivity contribution in [1.82, 2.24) is 19.9 Å². The molecule has 2 N–H and O–H groups in total. The predicted octanol–water partition coefficient (Wildman–Crippen LogP) is 6.05. The van der Waals surface area contributed by atoms with Crippen molar-refractivity contribution in [2.45, 2.75) is 27.7 Å². The van der Waals surface area contributed by atoms with Crippen molar-refractivity contribution in [1.29, 1.82) is 0 Å². The monoisotopic (exact) mass is 366 g/mol. The van der Waals surface area contributed by atoms with Gasteiger partial charge in [-0.3, -0.25) is 0 Å². The number of H-pyrrole nitrogens is 2. The third-order valence-electron chi connectivity index (χ3n) is 5.36. The number of aryl methyl sites for hydroxylation is 2. The molecule has 5 heterocycles. The Kier molecular flexibility index (Phi) is 3.63. The van der Waals surface area contributed by atoms with Gasteiger partial charge in [-0.15, -0.1) is 0 Å². The van der Waals surface area contributed by atoms with Gasteiger partial charge in [0.1, 0.15) is 0 Å². The molecule has 28 heavy (non-hydrogen) atoms. The van der Waals surface area contributed by atoms with E-state index in [0.29, 0.717) is 0 Å². The van der Waals surface area contributed by atoms with Crippen LogP contribution in [0.4, 0.5) is 0 Å². The molecule has 8 bridgehead atoms. The molecular formula is C24H22N4. The number of rotatable bonds is 0. The van der Waals surface area contributed by atoms with Gasteiger partial charge in [0.25, 0.3) is 0 Å². The summed E-state index contributed by atoms with van der Waals surface area (Å²) in [5.41, 5.74) is 12.9. The lowest BCUT2D eigenvalue weighted by molar-refractivity contribution is 1.26. The maximum atomic E-state index is 4.81. The zero-order valence-electron chi connectivity index (χ0n) is 16.5. The lowest BCUT2D eigenvalue weighted by atomic mass is 10.2. The third-order valence-corrected chi connectivity index (χ3v) is 5.36. The fourth-order valence-corrected chi connectivity index (χ4v) is 3.80. The maximum Gasteiger partial charge on any atom is 0.0688 e.